The van der Waals surface area contributed by atoms with Crippen molar-refractivity contribution in [3.63, 3.8) is 0 Å². The number of aliphatic hydroxyl groups is 5. The van der Waals surface area contributed by atoms with Gasteiger partial charge in [0, 0.05) is 23.7 Å². The van der Waals surface area contributed by atoms with Gasteiger partial charge < -0.3 is 25.5 Å². The molecule has 148 valence electrons. The number of rotatable bonds is 0. The summed E-state index contributed by atoms with van der Waals surface area (Å²) in [5.74, 6) is -1.66. The van der Waals surface area contributed by atoms with Crippen molar-refractivity contribution in [2.24, 2.45) is 28.6 Å². The Morgan fingerprint density at radius 3 is 2.19 bits per heavy atom. The fourth-order valence-electron chi connectivity index (χ4n) is 7.60. The van der Waals surface area contributed by atoms with Crippen molar-refractivity contribution in [3.8, 4) is 0 Å². The van der Waals surface area contributed by atoms with Crippen LogP contribution in [0.15, 0.2) is 0 Å². The number of aliphatic hydroxyl groups excluding tert-OH is 2. The van der Waals surface area contributed by atoms with Gasteiger partial charge in [-0.1, -0.05) is 13.8 Å². The second kappa shape index (κ2) is 4.90. The molecule has 4 saturated carbocycles. The van der Waals surface area contributed by atoms with Gasteiger partial charge in [-0.2, -0.15) is 0 Å². The first-order valence-electron chi connectivity index (χ1n) is 9.79. The number of carbonyl (C=O) groups is 1. The van der Waals surface area contributed by atoms with E-state index in [1.54, 1.807) is 27.7 Å². The minimum absolute atomic E-state index is 0.00998. The molecular formula is C20H32O6. The highest BCUT2D eigenvalue weighted by Crippen LogP contribution is 2.69. The van der Waals surface area contributed by atoms with E-state index in [-0.39, 0.29) is 31.0 Å². The van der Waals surface area contributed by atoms with Crippen LogP contribution in [-0.2, 0) is 4.79 Å². The molecule has 0 amide bonds. The van der Waals surface area contributed by atoms with Crippen molar-refractivity contribution in [1.29, 1.82) is 0 Å². The van der Waals surface area contributed by atoms with E-state index in [0.717, 1.165) is 0 Å². The molecule has 4 aliphatic rings. The van der Waals surface area contributed by atoms with Crippen molar-refractivity contribution in [1.82, 2.24) is 0 Å². The van der Waals surface area contributed by atoms with E-state index >= 15 is 0 Å². The van der Waals surface area contributed by atoms with Crippen LogP contribution in [0.25, 0.3) is 0 Å². The van der Waals surface area contributed by atoms with Crippen molar-refractivity contribution in [2.45, 2.75) is 88.8 Å². The maximum absolute atomic E-state index is 12.6. The molecule has 4 aliphatic carbocycles. The predicted octanol–water partition coefficient (Wildman–Crippen LogP) is 0.377. The highest BCUT2D eigenvalue weighted by atomic mass is 16.4. The molecular weight excluding hydrogens is 336 g/mol. The molecule has 5 N–H and O–H groups in total. The average molecular weight is 368 g/mol. The van der Waals surface area contributed by atoms with Gasteiger partial charge in [0.25, 0.3) is 0 Å². The van der Waals surface area contributed by atoms with Crippen LogP contribution in [-0.4, -0.2) is 60.3 Å². The molecule has 0 unspecified atom stereocenters. The summed E-state index contributed by atoms with van der Waals surface area (Å²) < 4.78 is 0. The largest absolute Gasteiger partial charge is 0.392 e. The molecule has 0 radical (unpaired) electrons. The normalized spacial score (nSPS) is 61.1. The lowest BCUT2D eigenvalue weighted by atomic mass is 9.57. The second-order valence-corrected chi connectivity index (χ2v) is 10.5. The maximum Gasteiger partial charge on any atom is 0.141 e. The molecule has 0 aromatic heterocycles. The molecule has 6 heteroatoms. The van der Waals surface area contributed by atoms with Crippen LogP contribution in [0.1, 0.15) is 59.8 Å². The van der Waals surface area contributed by atoms with Gasteiger partial charge in [-0.15, -0.1) is 0 Å². The molecule has 0 saturated heterocycles. The third-order valence-corrected chi connectivity index (χ3v) is 9.03. The summed E-state index contributed by atoms with van der Waals surface area (Å²) >= 11 is 0. The number of fused-ring (bicyclic) bond motifs is 2. The lowest BCUT2D eigenvalue weighted by molar-refractivity contribution is -0.196. The summed E-state index contributed by atoms with van der Waals surface area (Å²) in [6.45, 7) is 6.62. The topological polar surface area (TPSA) is 118 Å². The Kier molecular flexibility index (Phi) is 3.54. The van der Waals surface area contributed by atoms with Crippen molar-refractivity contribution in [2.75, 3.05) is 0 Å². The minimum atomic E-state index is -1.76. The van der Waals surface area contributed by atoms with Crippen LogP contribution >= 0.6 is 0 Å². The van der Waals surface area contributed by atoms with E-state index in [9.17, 15) is 30.3 Å². The van der Waals surface area contributed by atoms with Gasteiger partial charge in [-0.3, -0.25) is 4.79 Å². The van der Waals surface area contributed by atoms with E-state index in [1.807, 2.05) is 0 Å². The number of carbonyl (C=O) groups excluding carboxylic acids is 1. The standard InChI is InChI=1S/C20H32O6/c1-16(2)13(21)7-12-18(4,25)11-6-5-10-15(23)19(11,9-17(10,3)24)8-14(22)20(12,16)26/h10-12,14-15,22-26H,5-9H2,1-4H3/t10-,11+,12+,14-,15-,17-,18-,19+,20+/m1/s1. The van der Waals surface area contributed by atoms with Crippen LogP contribution in [0, 0.1) is 28.6 Å². The summed E-state index contributed by atoms with van der Waals surface area (Å²) in [6.07, 6.45) is -0.567. The Morgan fingerprint density at radius 1 is 0.962 bits per heavy atom. The molecule has 1 spiro atoms. The SMILES string of the molecule is CC1(C)C(=O)C[C@H]2[C@](C)(O)[C@@H]3CC[C@@H]4[C@@H](O)[C@@]3(C[C@@H](O)[C@@]21O)C[C@@]4(C)O. The smallest absolute Gasteiger partial charge is 0.141 e. The van der Waals surface area contributed by atoms with E-state index in [4.69, 9.17) is 0 Å². The van der Waals surface area contributed by atoms with Crippen LogP contribution in [0.4, 0.5) is 0 Å². The third kappa shape index (κ3) is 1.83. The molecule has 9 atom stereocenters. The van der Waals surface area contributed by atoms with Gasteiger partial charge in [-0.05, 0) is 45.4 Å². The average Bonchev–Trinajstić information content (AvgIpc) is 2.72. The Balaban J connectivity index is 1.91. The van der Waals surface area contributed by atoms with Crippen LogP contribution in [0.5, 0.6) is 0 Å². The zero-order valence-corrected chi connectivity index (χ0v) is 16.1. The Bertz CT molecular complexity index is 655. The summed E-state index contributed by atoms with van der Waals surface area (Å²) in [5, 5.41) is 56.4. The second-order valence-electron chi connectivity index (χ2n) is 10.5. The zero-order chi connectivity index (χ0) is 19.5. The first-order chi connectivity index (χ1) is 11.7. The maximum atomic E-state index is 12.6. The van der Waals surface area contributed by atoms with E-state index in [0.29, 0.717) is 12.8 Å². The molecule has 4 rings (SSSR count). The van der Waals surface area contributed by atoms with E-state index < -0.39 is 51.7 Å². The number of ketones is 1. The fourth-order valence-corrected chi connectivity index (χ4v) is 7.60. The monoisotopic (exact) mass is 368 g/mol. The molecule has 0 aromatic carbocycles. The van der Waals surface area contributed by atoms with Gasteiger partial charge in [0.1, 0.15) is 11.4 Å². The van der Waals surface area contributed by atoms with Crippen LogP contribution in [0.2, 0.25) is 0 Å². The molecule has 26 heavy (non-hydrogen) atoms. The van der Waals surface area contributed by atoms with Gasteiger partial charge in [0.2, 0.25) is 0 Å². The lowest BCUT2D eigenvalue weighted by Crippen LogP contribution is -2.60. The van der Waals surface area contributed by atoms with Gasteiger partial charge in [0.05, 0.1) is 28.8 Å². The van der Waals surface area contributed by atoms with Crippen molar-refractivity contribution >= 4 is 5.78 Å². The third-order valence-electron chi connectivity index (χ3n) is 9.03. The summed E-state index contributed by atoms with van der Waals surface area (Å²) in [7, 11) is 0. The summed E-state index contributed by atoms with van der Waals surface area (Å²) in [4.78, 5) is 12.6. The highest BCUT2D eigenvalue weighted by Gasteiger charge is 2.76. The Labute approximate surface area is 154 Å². The minimum Gasteiger partial charge on any atom is -0.392 e. The van der Waals surface area contributed by atoms with Crippen LogP contribution in [0.3, 0.4) is 0 Å². The quantitative estimate of drug-likeness (QED) is 0.422. The predicted molar refractivity (Wildman–Crippen MR) is 93.0 cm³/mol. The first kappa shape index (κ1) is 18.8. The molecule has 2 bridgehead atoms. The number of hydrogen-bond donors (Lipinski definition) is 5. The summed E-state index contributed by atoms with van der Waals surface area (Å²) in [6, 6.07) is 0. The zero-order valence-electron chi connectivity index (χ0n) is 16.1. The summed E-state index contributed by atoms with van der Waals surface area (Å²) in [5.41, 5.74) is -6.31. The van der Waals surface area contributed by atoms with Crippen LogP contribution < -0.4 is 0 Å². The highest BCUT2D eigenvalue weighted by molar-refractivity contribution is 5.89. The Hall–Kier alpha value is -0.530. The number of Topliss-reactive ketones (excluding diaryl/α,β-unsaturated/α-hetero) is 1. The van der Waals surface area contributed by atoms with E-state index in [1.165, 1.54) is 0 Å². The number of hydrogen-bond acceptors (Lipinski definition) is 6. The Morgan fingerprint density at radius 2 is 1.58 bits per heavy atom. The van der Waals surface area contributed by atoms with Gasteiger partial charge in [-0.25, -0.2) is 0 Å². The van der Waals surface area contributed by atoms with E-state index in [2.05, 4.69) is 0 Å². The van der Waals surface area contributed by atoms with Gasteiger partial charge >= 0.3 is 0 Å². The molecule has 0 aliphatic heterocycles. The molecule has 6 nitrogen and oxygen atoms in total. The van der Waals surface area contributed by atoms with Crippen molar-refractivity contribution < 1.29 is 30.3 Å². The molecule has 0 aromatic rings. The fraction of sp³-hybridized carbons (Fsp3) is 0.950. The van der Waals surface area contributed by atoms with Crippen molar-refractivity contribution in [3.05, 3.63) is 0 Å². The molecule has 4 fully saturated rings. The molecule has 0 heterocycles. The van der Waals surface area contributed by atoms with Gasteiger partial charge in [0.15, 0.2) is 0 Å². The lowest BCUT2D eigenvalue weighted by Gasteiger charge is -2.51. The first-order valence-corrected chi connectivity index (χ1v) is 9.79.